The van der Waals surface area contributed by atoms with Crippen LogP contribution in [0.5, 0.6) is 5.75 Å². The van der Waals surface area contributed by atoms with E-state index >= 15 is 0 Å². The first-order valence-corrected chi connectivity index (χ1v) is 10.7. The summed E-state index contributed by atoms with van der Waals surface area (Å²) in [6, 6.07) is 11.4. The molecule has 1 saturated carbocycles. The Hall–Kier alpha value is -3.35. The summed E-state index contributed by atoms with van der Waals surface area (Å²) in [4.78, 5) is 24.8. The molecule has 0 atom stereocenters. The molecule has 2 aromatic carbocycles. The minimum Gasteiger partial charge on any atom is -0.495 e. The van der Waals surface area contributed by atoms with Crippen LogP contribution in [0.4, 0.5) is 5.69 Å². The third-order valence-electron chi connectivity index (χ3n) is 5.72. The zero-order valence-electron chi connectivity index (χ0n) is 17.9. The van der Waals surface area contributed by atoms with Crippen molar-refractivity contribution in [2.24, 2.45) is 11.0 Å². The molecule has 7 nitrogen and oxygen atoms in total. The normalized spacial score (nSPS) is 15.2. The Balaban J connectivity index is 1.43. The average Bonchev–Trinajstić information content (AvgIpc) is 3.14. The summed E-state index contributed by atoms with van der Waals surface area (Å²) in [5.41, 5.74) is 5.12. The van der Waals surface area contributed by atoms with E-state index in [1.807, 2.05) is 30.3 Å². The molecule has 2 N–H and O–H groups in total. The molecule has 1 fully saturated rings. The van der Waals surface area contributed by atoms with Crippen molar-refractivity contribution >= 4 is 45.2 Å². The number of methoxy groups -OCH3 is 1. The number of amides is 2. The van der Waals surface area contributed by atoms with Crippen LogP contribution in [0.2, 0.25) is 0 Å². The Morgan fingerprint density at radius 1 is 1.10 bits per heavy atom. The van der Waals surface area contributed by atoms with E-state index in [0.29, 0.717) is 22.7 Å². The number of carbonyl (C=O) groups excluding carboxylic acids is 2. The average molecular weight is 421 g/mol. The smallest absolute Gasteiger partial charge is 0.243 e. The number of hydrogen-bond donors (Lipinski definition) is 2. The zero-order chi connectivity index (χ0) is 21.8. The van der Waals surface area contributed by atoms with Crippen LogP contribution in [-0.2, 0) is 9.59 Å². The number of nitrogens with zero attached hydrogens (tertiary/aromatic N) is 1. The van der Waals surface area contributed by atoms with Crippen LogP contribution in [0.25, 0.3) is 21.9 Å². The van der Waals surface area contributed by atoms with Crippen LogP contribution in [0, 0.1) is 5.92 Å². The van der Waals surface area contributed by atoms with E-state index in [2.05, 4.69) is 15.8 Å². The lowest BCUT2D eigenvalue weighted by Gasteiger charge is -2.19. The molecule has 0 spiro atoms. The molecule has 0 aliphatic heterocycles. The van der Waals surface area contributed by atoms with Crippen LogP contribution in [0.1, 0.15) is 45.4 Å². The molecule has 0 unspecified atom stereocenters. The highest BCUT2D eigenvalue weighted by molar-refractivity contribution is 6.10. The highest BCUT2D eigenvalue weighted by Gasteiger charge is 2.21. The molecule has 0 saturated heterocycles. The first-order chi connectivity index (χ1) is 15.0. The highest BCUT2D eigenvalue weighted by atomic mass is 16.5. The fraction of sp³-hybridized carbons (Fsp3) is 0.375. The van der Waals surface area contributed by atoms with Gasteiger partial charge in [-0.25, -0.2) is 5.43 Å². The maximum Gasteiger partial charge on any atom is 0.243 e. The van der Waals surface area contributed by atoms with E-state index in [1.165, 1.54) is 6.42 Å². The monoisotopic (exact) mass is 421 g/mol. The molecular formula is C24H27N3O4. The molecular weight excluding hydrogens is 394 g/mol. The maximum absolute atomic E-state index is 12.6. The number of nitrogens with one attached hydrogen (secondary N) is 2. The molecule has 0 radical (unpaired) electrons. The van der Waals surface area contributed by atoms with Crippen LogP contribution in [0.3, 0.4) is 0 Å². The Morgan fingerprint density at radius 3 is 2.65 bits per heavy atom. The Kier molecular flexibility index (Phi) is 6.21. The van der Waals surface area contributed by atoms with Gasteiger partial charge in [0.05, 0.1) is 19.2 Å². The van der Waals surface area contributed by atoms with Gasteiger partial charge in [-0.2, -0.15) is 5.10 Å². The summed E-state index contributed by atoms with van der Waals surface area (Å²) in [6.07, 6.45) is 5.24. The number of ether oxygens (including phenoxy) is 1. The second kappa shape index (κ2) is 9.20. The number of anilines is 1. The Labute approximate surface area is 180 Å². The molecule has 7 heteroatoms. The second-order valence-corrected chi connectivity index (χ2v) is 8.03. The molecule has 1 aliphatic carbocycles. The Morgan fingerprint density at radius 2 is 1.87 bits per heavy atom. The van der Waals surface area contributed by atoms with Crippen LogP contribution in [-0.4, -0.2) is 24.6 Å². The van der Waals surface area contributed by atoms with Crippen molar-refractivity contribution in [1.29, 1.82) is 0 Å². The quantitative estimate of drug-likeness (QED) is 0.433. The van der Waals surface area contributed by atoms with E-state index in [0.717, 1.165) is 42.0 Å². The van der Waals surface area contributed by atoms with Gasteiger partial charge < -0.3 is 14.5 Å². The topological polar surface area (TPSA) is 92.9 Å². The van der Waals surface area contributed by atoms with Crippen molar-refractivity contribution < 1.29 is 18.7 Å². The fourth-order valence-electron chi connectivity index (χ4n) is 4.09. The van der Waals surface area contributed by atoms with E-state index in [-0.39, 0.29) is 24.2 Å². The van der Waals surface area contributed by atoms with Gasteiger partial charge in [0.15, 0.2) is 0 Å². The number of benzene rings is 2. The molecule has 1 aromatic heterocycles. The second-order valence-electron chi connectivity index (χ2n) is 8.03. The number of hydrogen-bond acceptors (Lipinski definition) is 5. The largest absolute Gasteiger partial charge is 0.495 e. The molecule has 4 rings (SSSR count). The van der Waals surface area contributed by atoms with E-state index in [1.54, 1.807) is 20.1 Å². The van der Waals surface area contributed by atoms with Crippen molar-refractivity contribution in [2.45, 2.75) is 45.4 Å². The van der Waals surface area contributed by atoms with Crippen molar-refractivity contribution in [3.05, 3.63) is 36.4 Å². The third kappa shape index (κ3) is 4.71. The summed E-state index contributed by atoms with van der Waals surface area (Å²) in [7, 11) is 1.56. The van der Waals surface area contributed by atoms with Gasteiger partial charge in [-0.05, 0) is 31.9 Å². The molecule has 31 heavy (non-hydrogen) atoms. The maximum atomic E-state index is 12.6. The lowest BCUT2D eigenvalue weighted by Crippen LogP contribution is -2.29. The van der Waals surface area contributed by atoms with Crippen molar-refractivity contribution in [2.75, 3.05) is 12.4 Å². The van der Waals surface area contributed by atoms with Gasteiger partial charge >= 0.3 is 0 Å². The van der Waals surface area contributed by atoms with E-state index < -0.39 is 0 Å². The molecule has 0 bridgehead atoms. The summed E-state index contributed by atoms with van der Waals surface area (Å²) in [6.45, 7) is 1.72. The first-order valence-electron chi connectivity index (χ1n) is 10.7. The van der Waals surface area contributed by atoms with Gasteiger partial charge in [-0.15, -0.1) is 0 Å². The van der Waals surface area contributed by atoms with Gasteiger partial charge in [0.2, 0.25) is 11.8 Å². The molecule has 2 amide bonds. The summed E-state index contributed by atoms with van der Waals surface area (Å²) < 4.78 is 11.4. The predicted molar refractivity (Wildman–Crippen MR) is 121 cm³/mol. The van der Waals surface area contributed by atoms with Gasteiger partial charge in [-0.1, -0.05) is 37.5 Å². The number of carbonyl (C=O) groups is 2. The standard InChI is InChI=1S/C24H27N3O4/c1-15(26-27-24(29)16-8-4-3-5-9-16)12-23(28)25-19-14-21-18(13-22(19)30-2)17-10-6-7-11-20(17)31-21/h6-7,10-11,13-14,16H,3-5,8-9,12H2,1-2H3,(H,25,28)(H,27,29)/b26-15-. The predicted octanol–water partition coefficient (Wildman–Crippen LogP) is 5.00. The summed E-state index contributed by atoms with van der Waals surface area (Å²) in [5, 5.41) is 8.89. The molecule has 162 valence electrons. The number of hydrazone groups is 1. The molecule has 3 aromatic rings. The first kappa shape index (κ1) is 20.9. The lowest BCUT2D eigenvalue weighted by molar-refractivity contribution is -0.126. The minimum absolute atomic E-state index is 0.0268. The lowest BCUT2D eigenvalue weighted by atomic mass is 9.89. The fourth-order valence-corrected chi connectivity index (χ4v) is 4.09. The van der Waals surface area contributed by atoms with E-state index in [4.69, 9.17) is 9.15 Å². The summed E-state index contributed by atoms with van der Waals surface area (Å²) in [5.74, 6) is 0.268. The Bertz CT molecular complexity index is 1140. The van der Waals surface area contributed by atoms with Crippen molar-refractivity contribution in [3.8, 4) is 5.75 Å². The minimum atomic E-state index is -0.248. The molecule has 1 aliphatic rings. The van der Waals surface area contributed by atoms with Gasteiger partial charge in [0, 0.05) is 28.5 Å². The van der Waals surface area contributed by atoms with Gasteiger partial charge in [0.1, 0.15) is 16.9 Å². The number of fused-ring (bicyclic) bond motifs is 3. The number of rotatable bonds is 6. The summed E-state index contributed by atoms with van der Waals surface area (Å²) >= 11 is 0. The SMILES string of the molecule is COc1cc2c(cc1NC(=O)C/C(C)=N\NC(=O)C1CCCCC1)oc1ccccc12. The highest BCUT2D eigenvalue weighted by Crippen LogP contribution is 2.36. The number of furan rings is 1. The zero-order valence-corrected chi connectivity index (χ0v) is 17.9. The third-order valence-corrected chi connectivity index (χ3v) is 5.72. The van der Waals surface area contributed by atoms with Crippen molar-refractivity contribution in [3.63, 3.8) is 0 Å². The molecule has 1 heterocycles. The van der Waals surface area contributed by atoms with Crippen molar-refractivity contribution in [1.82, 2.24) is 5.43 Å². The van der Waals surface area contributed by atoms with E-state index in [9.17, 15) is 9.59 Å². The van der Waals surface area contributed by atoms with Crippen LogP contribution in [0.15, 0.2) is 45.9 Å². The van der Waals surface area contributed by atoms with Gasteiger partial charge in [-0.3, -0.25) is 9.59 Å². The van der Waals surface area contributed by atoms with Crippen LogP contribution >= 0.6 is 0 Å². The number of para-hydroxylation sites is 1. The van der Waals surface area contributed by atoms with Crippen LogP contribution < -0.4 is 15.5 Å². The van der Waals surface area contributed by atoms with Gasteiger partial charge in [0.25, 0.3) is 0 Å².